The predicted molar refractivity (Wildman–Crippen MR) is 70.6 cm³/mol. The average Bonchev–Trinajstić information content (AvgIpc) is 2.72. The highest BCUT2D eigenvalue weighted by atomic mass is 32.2. The van der Waals surface area contributed by atoms with Crippen LogP contribution in [0.25, 0.3) is 0 Å². The summed E-state index contributed by atoms with van der Waals surface area (Å²) in [5.41, 5.74) is 0. The van der Waals surface area contributed by atoms with Gasteiger partial charge in [0, 0.05) is 18.7 Å². The maximum Gasteiger partial charge on any atom is 0.175 e. The zero-order chi connectivity index (χ0) is 13.2. The molecule has 0 radical (unpaired) electrons. The number of nitrogens with one attached hydrogen (secondary N) is 1. The summed E-state index contributed by atoms with van der Waals surface area (Å²) in [5, 5.41) is 3.33. The lowest BCUT2D eigenvalue weighted by Gasteiger charge is -2.15. The van der Waals surface area contributed by atoms with E-state index in [1.165, 1.54) is 6.26 Å². The first-order valence-corrected chi connectivity index (χ1v) is 7.99. The number of ether oxygens (including phenoxy) is 1. The fourth-order valence-electron chi connectivity index (χ4n) is 2.07. The van der Waals surface area contributed by atoms with E-state index in [0.717, 1.165) is 18.8 Å². The van der Waals surface area contributed by atoms with Gasteiger partial charge in [-0.1, -0.05) is 6.92 Å². The van der Waals surface area contributed by atoms with Crippen molar-refractivity contribution in [3.05, 3.63) is 24.3 Å². The van der Waals surface area contributed by atoms with Crippen LogP contribution in [0.4, 0.5) is 0 Å². The molecule has 2 atom stereocenters. The Bertz CT molecular complexity index is 495. The zero-order valence-corrected chi connectivity index (χ0v) is 11.5. The lowest BCUT2D eigenvalue weighted by atomic mass is 9.99. The molecule has 5 heteroatoms. The van der Waals surface area contributed by atoms with Crippen LogP contribution >= 0.6 is 0 Å². The van der Waals surface area contributed by atoms with Gasteiger partial charge in [0.2, 0.25) is 0 Å². The zero-order valence-electron chi connectivity index (χ0n) is 10.7. The number of hydrogen-bond donors (Lipinski definition) is 1. The monoisotopic (exact) mass is 269 g/mol. The van der Waals surface area contributed by atoms with Crippen LogP contribution in [-0.4, -0.2) is 34.4 Å². The molecule has 0 aliphatic carbocycles. The van der Waals surface area contributed by atoms with Gasteiger partial charge in [-0.2, -0.15) is 0 Å². The van der Waals surface area contributed by atoms with Crippen molar-refractivity contribution in [3.63, 3.8) is 0 Å². The second-order valence-corrected chi connectivity index (χ2v) is 6.97. The Morgan fingerprint density at radius 1 is 1.28 bits per heavy atom. The molecule has 0 saturated carbocycles. The quantitative estimate of drug-likeness (QED) is 0.896. The summed E-state index contributed by atoms with van der Waals surface area (Å²) in [6, 6.07) is 6.59. The lowest BCUT2D eigenvalue weighted by Crippen LogP contribution is -2.18. The fourth-order valence-corrected chi connectivity index (χ4v) is 2.70. The van der Waals surface area contributed by atoms with E-state index in [9.17, 15) is 8.42 Å². The minimum atomic E-state index is -3.12. The van der Waals surface area contributed by atoms with Gasteiger partial charge >= 0.3 is 0 Å². The summed E-state index contributed by atoms with van der Waals surface area (Å²) in [4.78, 5) is 0.325. The molecular weight excluding hydrogens is 250 g/mol. The Morgan fingerprint density at radius 2 is 1.94 bits per heavy atom. The van der Waals surface area contributed by atoms with Crippen molar-refractivity contribution >= 4 is 9.84 Å². The van der Waals surface area contributed by atoms with Crippen molar-refractivity contribution < 1.29 is 13.2 Å². The van der Waals surface area contributed by atoms with Gasteiger partial charge in [0.05, 0.1) is 11.5 Å². The van der Waals surface area contributed by atoms with Crippen LogP contribution in [0, 0.1) is 11.8 Å². The first-order chi connectivity index (χ1) is 8.47. The maximum absolute atomic E-state index is 11.3. The van der Waals surface area contributed by atoms with Crippen molar-refractivity contribution in [2.24, 2.45) is 11.8 Å². The average molecular weight is 269 g/mol. The van der Waals surface area contributed by atoms with Crippen LogP contribution in [0.1, 0.15) is 6.92 Å². The molecular formula is C13H19NO3S. The Hall–Kier alpha value is -1.07. The molecule has 1 aromatic rings. The van der Waals surface area contributed by atoms with E-state index in [1.54, 1.807) is 24.3 Å². The van der Waals surface area contributed by atoms with Gasteiger partial charge in [-0.15, -0.1) is 0 Å². The molecule has 1 N–H and O–H groups in total. The number of rotatable bonds is 4. The topological polar surface area (TPSA) is 55.4 Å². The van der Waals surface area contributed by atoms with Gasteiger partial charge in [0.25, 0.3) is 0 Å². The van der Waals surface area contributed by atoms with Crippen LogP contribution in [0.3, 0.4) is 0 Å². The van der Waals surface area contributed by atoms with Crippen molar-refractivity contribution in [3.8, 4) is 5.75 Å². The third-order valence-corrected chi connectivity index (χ3v) is 4.52. The van der Waals surface area contributed by atoms with Crippen LogP contribution in [0.15, 0.2) is 29.2 Å². The molecule has 1 fully saturated rings. The van der Waals surface area contributed by atoms with E-state index in [4.69, 9.17) is 4.74 Å². The first kappa shape index (κ1) is 13.4. The molecule has 0 aromatic heterocycles. The minimum Gasteiger partial charge on any atom is -0.493 e. The van der Waals surface area contributed by atoms with Crippen LogP contribution in [0.5, 0.6) is 5.75 Å². The second kappa shape index (κ2) is 5.28. The molecule has 0 bridgehead atoms. The number of benzene rings is 1. The molecule has 4 nitrogen and oxygen atoms in total. The smallest absolute Gasteiger partial charge is 0.175 e. The summed E-state index contributed by atoms with van der Waals surface area (Å²) in [7, 11) is -3.12. The fraction of sp³-hybridized carbons (Fsp3) is 0.538. The maximum atomic E-state index is 11.3. The van der Waals surface area contributed by atoms with Gasteiger partial charge in [0.15, 0.2) is 9.84 Å². The highest BCUT2D eigenvalue weighted by Gasteiger charge is 2.23. The highest BCUT2D eigenvalue weighted by Crippen LogP contribution is 2.20. The van der Waals surface area contributed by atoms with Crippen molar-refractivity contribution in [1.29, 1.82) is 0 Å². The van der Waals surface area contributed by atoms with Gasteiger partial charge in [0.1, 0.15) is 5.75 Å². The number of sulfone groups is 1. The van der Waals surface area contributed by atoms with Crippen LogP contribution < -0.4 is 10.1 Å². The van der Waals surface area contributed by atoms with E-state index in [-0.39, 0.29) is 0 Å². The molecule has 1 saturated heterocycles. The Balaban J connectivity index is 1.94. The third-order valence-electron chi connectivity index (χ3n) is 3.39. The normalized spacial score (nSPS) is 24.1. The molecule has 2 rings (SSSR count). The van der Waals surface area contributed by atoms with E-state index >= 15 is 0 Å². The SMILES string of the molecule is CC1CNCC1COc1ccc(S(C)(=O)=O)cc1. The predicted octanol–water partition coefficient (Wildman–Crippen LogP) is 1.32. The van der Waals surface area contributed by atoms with Gasteiger partial charge < -0.3 is 10.1 Å². The lowest BCUT2D eigenvalue weighted by molar-refractivity contribution is 0.233. The molecule has 0 spiro atoms. The molecule has 2 unspecified atom stereocenters. The summed E-state index contributed by atoms with van der Waals surface area (Å²) in [6.07, 6.45) is 1.20. The summed E-state index contributed by atoms with van der Waals surface area (Å²) in [6.45, 7) is 4.91. The summed E-state index contributed by atoms with van der Waals surface area (Å²) >= 11 is 0. The van der Waals surface area contributed by atoms with Crippen LogP contribution in [0.2, 0.25) is 0 Å². The standard InChI is InChI=1S/C13H19NO3S/c1-10-7-14-8-11(10)9-17-12-3-5-13(6-4-12)18(2,15)16/h3-6,10-11,14H,7-9H2,1-2H3. The van der Waals surface area contributed by atoms with E-state index in [1.807, 2.05) is 0 Å². The molecule has 100 valence electrons. The Labute approximate surface area is 108 Å². The molecule has 0 amide bonds. The Morgan fingerprint density at radius 3 is 2.44 bits per heavy atom. The second-order valence-electron chi connectivity index (χ2n) is 4.95. The molecule has 1 aliphatic heterocycles. The van der Waals surface area contributed by atoms with Gasteiger partial charge in [-0.25, -0.2) is 8.42 Å². The first-order valence-electron chi connectivity index (χ1n) is 6.10. The van der Waals surface area contributed by atoms with E-state index < -0.39 is 9.84 Å². The van der Waals surface area contributed by atoms with Gasteiger partial charge in [-0.3, -0.25) is 0 Å². The molecule has 1 aliphatic rings. The van der Waals surface area contributed by atoms with E-state index in [2.05, 4.69) is 12.2 Å². The van der Waals surface area contributed by atoms with Crippen molar-refractivity contribution in [2.75, 3.05) is 26.0 Å². The molecule has 18 heavy (non-hydrogen) atoms. The van der Waals surface area contributed by atoms with Crippen LogP contribution in [-0.2, 0) is 9.84 Å². The summed E-state index contributed by atoms with van der Waals surface area (Å²) in [5.74, 6) is 1.88. The van der Waals surface area contributed by atoms with Gasteiger partial charge in [-0.05, 0) is 36.7 Å². The molecule has 1 heterocycles. The number of hydrogen-bond acceptors (Lipinski definition) is 4. The van der Waals surface area contributed by atoms with E-state index in [0.29, 0.717) is 23.3 Å². The summed E-state index contributed by atoms with van der Waals surface area (Å²) < 4.78 is 28.3. The Kier molecular flexibility index (Phi) is 3.92. The molecule has 1 aromatic carbocycles. The van der Waals surface area contributed by atoms with Crippen molar-refractivity contribution in [2.45, 2.75) is 11.8 Å². The third kappa shape index (κ3) is 3.23. The highest BCUT2D eigenvalue weighted by molar-refractivity contribution is 7.90. The largest absolute Gasteiger partial charge is 0.493 e. The van der Waals surface area contributed by atoms with Crippen molar-refractivity contribution in [1.82, 2.24) is 5.32 Å². The minimum absolute atomic E-state index is 0.325.